The van der Waals surface area contributed by atoms with Crippen LogP contribution in [0.3, 0.4) is 0 Å². The summed E-state index contributed by atoms with van der Waals surface area (Å²) in [6, 6.07) is 3.10. The van der Waals surface area contributed by atoms with Crippen molar-refractivity contribution in [3.05, 3.63) is 23.8 Å². The average Bonchev–Trinajstić information content (AvgIpc) is 2.76. The van der Waals surface area contributed by atoms with Gasteiger partial charge in [0, 0.05) is 0 Å². The van der Waals surface area contributed by atoms with Crippen LogP contribution in [0, 0.1) is 5.41 Å². The minimum absolute atomic E-state index is 0.00225. The van der Waals surface area contributed by atoms with Crippen molar-refractivity contribution in [3.8, 4) is 11.5 Å². The molecule has 0 heterocycles. The van der Waals surface area contributed by atoms with Crippen molar-refractivity contribution in [1.82, 2.24) is 0 Å². The smallest absolute Gasteiger partial charge is 0.461 e. The molecule has 0 aliphatic rings. The van der Waals surface area contributed by atoms with Crippen LogP contribution in [0.1, 0.15) is 33.3 Å². The molecule has 12 heteroatoms. The van der Waals surface area contributed by atoms with Crippen LogP contribution in [0.5, 0.6) is 11.5 Å². The van der Waals surface area contributed by atoms with Crippen molar-refractivity contribution in [1.29, 1.82) is 0 Å². The molecule has 0 saturated carbocycles. The first-order valence-corrected chi connectivity index (χ1v) is 10.2. The Kier molecular flexibility index (Phi) is 11.1. The third-order valence-electron chi connectivity index (χ3n) is 3.87. The van der Waals surface area contributed by atoms with E-state index in [2.05, 4.69) is 9.47 Å². The van der Waals surface area contributed by atoms with Crippen LogP contribution in [0.4, 0.5) is 14.4 Å². The van der Waals surface area contributed by atoms with Gasteiger partial charge in [-0.3, -0.25) is 4.79 Å². The number of benzene rings is 1. The summed E-state index contributed by atoms with van der Waals surface area (Å²) in [4.78, 5) is 46.8. The van der Waals surface area contributed by atoms with Gasteiger partial charge in [-0.25, -0.2) is 14.4 Å². The van der Waals surface area contributed by atoms with E-state index in [0.717, 1.165) is 14.2 Å². The van der Waals surface area contributed by atoms with E-state index in [-0.39, 0.29) is 36.5 Å². The molecular weight excluding hydrogens is 454 g/mol. The minimum atomic E-state index is -1.08. The number of rotatable bonds is 9. The van der Waals surface area contributed by atoms with Crippen molar-refractivity contribution in [2.75, 3.05) is 27.4 Å². The van der Waals surface area contributed by atoms with E-state index in [1.54, 1.807) is 0 Å². The quantitative estimate of drug-likeness (QED) is 0.310. The zero-order valence-electron chi connectivity index (χ0n) is 20.1. The van der Waals surface area contributed by atoms with Gasteiger partial charge in [-0.05, 0) is 36.5 Å². The molecule has 1 aromatic carbocycles. The Hall–Kier alpha value is -3.54. The maximum absolute atomic E-state index is 12.2. The lowest BCUT2D eigenvalue weighted by Crippen LogP contribution is -2.36. The molecule has 0 unspecified atom stereocenters. The van der Waals surface area contributed by atoms with Crippen LogP contribution in [0.25, 0.3) is 0 Å². The second kappa shape index (κ2) is 13.2. The fraction of sp³-hybridized carbons (Fsp3) is 0.545. The summed E-state index contributed by atoms with van der Waals surface area (Å²) in [6.45, 7) is 7.19. The molecule has 0 aromatic heterocycles. The van der Waals surface area contributed by atoms with Gasteiger partial charge in [0.15, 0.2) is 11.5 Å². The maximum atomic E-state index is 12.2. The summed E-state index contributed by atoms with van der Waals surface area (Å²) in [7, 11) is 2.22. The summed E-state index contributed by atoms with van der Waals surface area (Å²) in [6.07, 6.45) is -3.70. The van der Waals surface area contributed by atoms with Crippen LogP contribution in [0.2, 0.25) is 0 Å². The van der Waals surface area contributed by atoms with Gasteiger partial charge >= 0.3 is 24.4 Å². The van der Waals surface area contributed by atoms with E-state index in [1.807, 2.05) is 20.8 Å². The van der Waals surface area contributed by atoms with Gasteiger partial charge in [-0.2, -0.15) is 0 Å². The number of ether oxygens (including phenoxy) is 7. The standard InChI is InChI=1S/C22H31NO11/c1-13(32-21(27)31-12-22(2,3)4)11-30-18(24)15(23)9-14-7-8-16(33-19(25)28-5)17(10-14)34-20(26)29-6/h7-8,10,13,15H,9,11-12,23H2,1-6H3/t13-,15-/m0/s1. The summed E-state index contributed by atoms with van der Waals surface area (Å²) < 4.78 is 33.8. The molecule has 1 aromatic rings. The van der Waals surface area contributed by atoms with Crippen molar-refractivity contribution in [2.24, 2.45) is 11.1 Å². The largest absolute Gasteiger partial charge is 0.513 e. The first-order chi connectivity index (χ1) is 15.8. The van der Waals surface area contributed by atoms with Crippen molar-refractivity contribution in [2.45, 2.75) is 46.3 Å². The fourth-order valence-corrected chi connectivity index (χ4v) is 2.26. The molecule has 0 aliphatic heterocycles. The van der Waals surface area contributed by atoms with Gasteiger partial charge in [-0.1, -0.05) is 26.8 Å². The van der Waals surface area contributed by atoms with Gasteiger partial charge < -0.3 is 38.9 Å². The van der Waals surface area contributed by atoms with Crippen molar-refractivity contribution in [3.63, 3.8) is 0 Å². The number of methoxy groups -OCH3 is 2. The van der Waals surface area contributed by atoms with Gasteiger partial charge in [0.1, 0.15) is 18.8 Å². The summed E-state index contributed by atoms with van der Waals surface area (Å²) in [5.74, 6) is -1.00. The van der Waals surface area contributed by atoms with Gasteiger partial charge in [0.25, 0.3) is 0 Å². The predicted molar refractivity (Wildman–Crippen MR) is 116 cm³/mol. The normalized spacial score (nSPS) is 12.6. The molecule has 190 valence electrons. The Morgan fingerprint density at radius 3 is 2.06 bits per heavy atom. The van der Waals surface area contributed by atoms with Crippen molar-refractivity contribution >= 4 is 24.4 Å². The molecule has 0 spiro atoms. The minimum Gasteiger partial charge on any atom is -0.461 e. The predicted octanol–water partition coefficient (Wildman–Crippen LogP) is 2.98. The molecule has 0 saturated heterocycles. The summed E-state index contributed by atoms with van der Waals surface area (Å²) in [5.41, 5.74) is 6.16. The number of carbonyl (C=O) groups is 4. The molecule has 0 aliphatic carbocycles. The monoisotopic (exact) mass is 485 g/mol. The summed E-state index contributed by atoms with van der Waals surface area (Å²) >= 11 is 0. The lowest BCUT2D eigenvalue weighted by molar-refractivity contribution is -0.148. The van der Waals surface area contributed by atoms with Gasteiger partial charge in [0.05, 0.1) is 20.8 Å². The van der Waals surface area contributed by atoms with Crippen LogP contribution < -0.4 is 15.2 Å². The Morgan fingerprint density at radius 1 is 0.912 bits per heavy atom. The Labute approximate surface area is 197 Å². The molecule has 0 radical (unpaired) electrons. The van der Waals surface area contributed by atoms with E-state index in [1.165, 1.54) is 25.1 Å². The van der Waals surface area contributed by atoms with Crippen molar-refractivity contribution < 1.29 is 52.3 Å². The fourth-order valence-electron chi connectivity index (χ4n) is 2.26. The molecule has 1 rings (SSSR count). The molecule has 2 atom stereocenters. The second-order valence-corrected chi connectivity index (χ2v) is 8.36. The Bertz CT molecular complexity index is 863. The molecule has 12 nitrogen and oxygen atoms in total. The highest BCUT2D eigenvalue weighted by Crippen LogP contribution is 2.29. The van der Waals surface area contributed by atoms with E-state index in [0.29, 0.717) is 5.56 Å². The van der Waals surface area contributed by atoms with E-state index < -0.39 is 36.6 Å². The lowest BCUT2D eigenvalue weighted by Gasteiger charge is -2.19. The van der Waals surface area contributed by atoms with E-state index in [9.17, 15) is 19.2 Å². The van der Waals surface area contributed by atoms with Crippen LogP contribution in [0.15, 0.2) is 18.2 Å². The molecule has 0 bridgehead atoms. The Balaban J connectivity index is 2.68. The molecule has 34 heavy (non-hydrogen) atoms. The molecule has 2 N–H and O–H groups in total. The number of carbonyl (C=O) groups excluding carboxylic acids is 4. The molecular formula is C22H31NO11. The topological polar surface area (TPSA) is 159 Å². The summed E-state index contributed by atoms with van der Waals surface area (Å²) in [5, 5.41) is 0. The van der Waals surface area contributed by atoms with Crippen LogP contribution in [-0.2, 0) is 34.9 Å². The zero-order valence-corrected chi connectivity index (χ0v) is 20.1. The maximum Gasteiger partial charge on any atom is 0.513 e. The average molecular weight is 485 g/mol. The first-order valence-electron chi connectivity index (χ1n) is 10.2. The SMILES string of the molecule is COC(=O)Oc1ccc(C[C@H](N)C(=O)OC[C@H](C)OC(=O)OCC(C)(C)C)cc1OC(=O)OC. The van der Waals surface area contributed by atoms with Gasteiger partial charge in [0.2, 0.25) is 0 Å². The Morgan fingerprint density at radius 2 is 1.50 bits per heavy atom. The molecule has 0 amide bonds. The number of esters is 1. The van der Waals surface area contributed by atoms with E-state index in [4.69, 9.17) is 29.4 Å². The highest BCUT2D eigenvalue weighted by Gasteiger charge is 2.22. The third-order valence-corrected chi connectivity index (χ3v) is 3.87. The lowest BCUT2D eigenvalue weighted by atomic mass is 9.99. The highest BCUT2D eigenvalue weighted by atomic mass is 16.7. The zero-order chi connectivity index (χ0) is 25.9. The first kappa shape index (κ1) is 28.5. The second-order valence-electron chi connectivity index (χ2n) is 8.36. The third kappa shape index (κ3) is 10.9. The van der Waals surface area contributed by atoms with E-state index >= 15 is 0 Å². The highest BCUT2D eigenvalue weighted by molar-refractivity contribution is 5.76. The van der Waals surface area contributed by atoms with Crippen LogP contribution >= 0.6 is 0 Å². The van der Waals surface area contributed by atoms with Gasteiger partial charge in [-0.15, -0.1) is 0 Å². The molecule has 0 fully saturated rings. The number of nitrogens with two attached hydrogens (primary N) is 1. The van der Waals surface area contributed by atoms with Crippen LogP contribution in [-0.4, -0.2) is 64.0 Å². The number of hydrogen-bond donors (Lipinski definition) is 1. The number of hydrogen-bond acceptors (Lipinski definition) is 12.